The molecular formula is C23H20N4O3S. The number of benzene rings is 3. The number of hydrogen-bond acceptors (Lipinski definition) is 4. The van der Waals surface area contributed by atoms with Gasteiger partial charge < -0.3 is 5.32 Å². The maximum Gasteiger partial charge on any atom is 0.261 e. The number of nitrogens with one attached hydrogen (secondary N) is 2. The number of rotatable bonds is 7. The zero-order valence-corrected chi connectivity index (χ0v) is 17.3. The highest BCUT2D eigenvalue weighted by atomic mass is 32.2. The number of para-hydroxylation sites is 1. The molecule has 0 spiro atoms. The Hall–Kier alpha value is -3.91. The molecule has 7 nitrogen and oxygen atoms in total. The van der Waals surface area contributed by atoms with Crippen molar-refractivity contribution in [1.82, 2.24) is 15.1 Å². The summed E-state index contributed by atoms with van der Waals surface area (Å²) in [5, 5.41) is 7.14. The monoisotopic (exact) mass is 432 g/mol. The predicted molar refractivity (Wildman–Crippen MR) is 118 cm³/mol. The van der Waals surface area contributed by atoms with E-state index in [0.29, 0.717) is 17.8 Å². The van der Waals surface area contributed by atoms with Gasteiger partial charge in [0, 0.05) is 29.6 Å². The van der Waals surface area contributed by atoms with Crippen LogP contribution in [0, 0.1) is 0 Å². The third kappa shape index (κ3) is 4.99. The molecule has 1 amide bonds. The minimum absolute atomic E-state index is 0.153. The first-order valence-corrected chi connectivity index (χ1v) is 11.0. The Morgan fingerprint density at radius 3 is 2.35 bits per heavy atom. The zero-order chi connectivity index (χ0) is 21.7. The van der Waals surface area contributed by atoms with Gasteiger partial charge in [-0.2, -0.15) is 5.10 Å². The maximum atomic E-state index is 12.6. The Bertz CT molecular complexity index is 1290. The van der Waals surface area contributed by atoms with Gasteiger partial charge in [0.15, 0.2) is 0 Å². The largest absolute Gasteiger partial charge is 0.348 e. The van der Waals surface area contributed by atoms with Gasteiger partial charge in [-0.1, -0.05) is 42.5 Å². The molecule has 1 aromatic heterocycles. The molecule has 1 heterocycles. The summed E-state index contributed by atoms with van der Waals surface area (Å²) in [6.45, 7) is 0.297. The third-order valence-electron chi connectivity index (χ3n) is 4.54. The average Bonchev–Trinajstić information content (AvgIpc) is 3.28. The molecule has 0 aliphatic carbocycles. The summed E-state index contributed by atoms with van der Waals surface area (Å²) < 4.78 is 29.2. The van der Waals surface area contributed by atoms with Gasteiger partial charge in [-0.3, -0.25) is 9.52 Å². The molecule has 0 bridgehead atoms. The summed E-state index contributed by atoms with van der Waals surface area (Å²) in [4.78, 5) is 12.7. The molecule has 0 radical (unpaired) electrons. The summed E-state index contributed by atoms with van der Waals surface area (Å²) in [7, 11) is -3.73. The van der Waals surface area contributed by atoms with Crippen LogP contribution in [0.25, 0.3) is 5.69 Å². The maximum absolute atomic E-state index is 12.6. The zero-order valence-electron chi connectivity index (χ0n) is 16.5. The van der Waals surface area contributed by atoms with E-state index in [1.165, 1.54) is 18.2 Å². The van der Waals surface area contributed by atoms with Crippen LogP contribution in [0.1, 0.15) is 15.9 Å². The number of aromatic nitrogens is 2. The Labute approximate surface area is 180 Å². The first-order valence-electron chi connectivity index (χ1n) is 9.56. The minimum Gasteiger partial charge on any atom is -0.348 e. The molecule has 0 unspecified atom stereocenters. The van der Waals surface area contributed by atoms with Gasteiger partial charge >= 0.3 is 0 Å². The van der Waals surface area contributed by atoms with Crippen LogP contribution >= 0.6 is 0 Å². The summed E-state index contributed by atoms with van der Waals surface area (Å²) in [5.41, 5.74) is 2.44. The fourth-order valence-electron chi connectivity index (χ4n) is 3.00. The second-order valence-electron chi connectivity index (χ2n) is 6.81. The van der Waals surface area contributed by atoms with Crippen LogP contribution in [0.15, 0.2) is 102 Å². The number of hydrogen-bond donors (Lipinski definition) is 2. The van der Waals surface area contributed by atoms with Gasteiger partial charge in [0.1, 0.15) is 0 Å². The van der Waals surface area contributed by atoms with E-state index in [9.17, 15) is 13.2 Å². The molecule has 8 heteroatoms. The molecule has 0 atom stereocenters. The van der Waals surface area contributed by atoms with E-state index in [2.05, 4.69) is 15.1 Å². The molecule has 2 N–H and O–H groups in total. The molecule has 3 aromatic carbocycles. The van der Waals surface area contributed by atoms with Crippen molar-refractivity contribution in [3.05, 3.63) is 108 Å². The van der Waals surface area contributed by atoms with Crippen molar-refractivity contribution in [2.24, 2.45) is 0 Å². The molecule has 0 fully saturated rings. The highest BCUT2D eigenvalue weighted by Gasteiger charge is 2.14. The van der Waals surface area contributed by atoms with Crippen molar-refractivity contribution in [2.75, 3.05) is 4.72 Å². The van der Waals surface area contributed by atoms with E-state index in [1.807, 2.05) is 36.5 Å². The SMILES string of the molecule is O=C(NCc1cnn(-c2ccccc2)c1)c1cccc(NS(=O)(=O)c2ccccc2)c1. The first-order chi connectivity index (χ1) is 15.0. The van der Waals surface area contributed by atoms with Crippen LogP contribution in [0.3, 0.4) is 0 Å². The smallest absolute Gasteiger partial charge is 0.261 e. The van der Waals surface area contributed by atoms with Crippen LogP contribution in [-0.2, 0) is 16.6 Å². The summed E-state index contributed by atoms with van der Waals surface area (Å²) in [6, 6.07) is 24.1. The molecule has 4 rings (SSSR count). The van der Waals surface area contributed by atoms with Gasteiger partial charge in [-0.25, -0.2) is 13.1 Å². The summed E-state index contributed by atoms with van der Waals surface area (Å²) >= 11 is 0. The third-order valence-corrected chi connectivity index (χ3v) is 5.94. The van der Waals surface area contributed by atoms with E-state index in [1.54, 1.807) is 47.3 Å². The molecule has 0 saturated carbocycles. The Balaban J connectivity index is 1.41. The van der Waals surface area contributed by atoms with Gasteiger partial charge in [-0.05, 0) is 42.5 Å². The molecule has 0 saturated heterocycles. The number of carbonyl (C=O) groups is 1. The standard InChI is InChI=1S/C23H20N4O3S/c28-23(24-15-18-16-25-27(17-18)21-10-3-1-4-11-21)19-8-7-9-20(14-19)26-31(29,30)22-12-5-2-6-13-22/h1-14,16-17,26H,15H2,(H,24,28). The normalized spacial score (nSPS) is 11.1. The van der Waals surface area contributed by atoms with Crippen molar-refractivity contribution in [3.63, 3.8) is 0 Å². The molecular weight excluding hydrogens is 412 g/mol. The molecule has 31 heavy (non-hydrogen) atoms. The summed E-state index contributed by atoms with van der Waals surface area (Å²) in [6.07, 6.45) is 3.54. The van der Waals surface area contributed by atoms with E-state index in [4.69, 9.17) is 0 Å². The van der Waals surface area contributed by atoms with Gasteiger partial charge in [-0.15, -0.1) is 0 Å². The quantitative estimate of drug-likeness (QED) is 0.467. The van der Waals surface area contributed by atoms with Gasteiger partial charge in [0.2, 0.25) is 0 Å². The van der Waals surface area contributed by atoms with Crippen LogP contribution in [0.4, 0.5) is 5.69 Å². The lowest BCUT2D eigenvalue weighted by molar-refractivity contribution is 0.0951. The second kappa shape index (κ2) is 8.85. The lowest BCUT2D eigenvalue weighted by atomic mass is 10.2. The van der Waals surface area contributed by atoms with Crippen molar-refractivity contribution < 1.29 is 13.2 Å². The van der Waals surface area contributed by atoms with Crippen molar-refractivity contribution in [3.8, 4) is 5.69 Å². The van der Waals surface area contributed by atoms with Gasteiger partial charge in [0.05, 0.1) is 16.8 Å². The fraction of sp³-hybridized carbons (Fsp3) is 0.0435. The number of amides is 1. The van der Waals surface area contributed by atoms with Gasteiger partial charge in [0.25, 0.3) is 15.9 Å². The summed E-state index contributed by atoms with van der Waals surface area (Å²) in [5.74, 6) is -0.312. The van der Waals surface area contributed by atoms with E-state index < -0.39 is 10.0 Å². The highest BCUT2D eigenvalue weighted by molar-refractivity contribution is 7.92. The Morgan fingerprint density at radius 1 is 0.903 bits per heavy atom. The number of sulfonamides is 1. The lowest BCUT2D eigenvalue weighted by Gasteiger charge is -2.10. The molecule has 4 aromatic rings. The van der Waals surface area contributed by atoms with E-state index in [0.717, 1.165) is 11.3 Å². The number of nitrogens with zero attached hydrogens (tertiary/aromatic N) is 2. The Morgan fingerprint density at radius 2 is 1.61 bits per heavy atom. The van der Waals surface area contributed by atoms with Crippen molar-refractivity contribution >= 4 is 21.6 Å². The lowest BCUT2D eigenvalue weighted by Crippen LogP contribution is -2.23. The number of carbonyl (C=O) groups excluding carboxylic acids is 1. The minimum atomic E-state index is -3.73. The first kappa shape index (κ1) is 20.4. The van der Waals surface area contributed by atoms with Crippen LogP contribution in [0.5, 0.6) is 0 Å². The average molecular weight is 433 g/mol. The van der Waals surface area contributed by atoms with Crippen LogP contribution in [-0.4, -0.2) is 24.1 Å². The van der Waals surface area contributed by atoms with Crippen molar-refractivity contribution in [1.29, 1.82) is 0 Å². The van der Waals surface area contributed by atoms with Crippen molar-refractivity contribution in [2.45, 2.75) is 11.4 Å². The predicted octanol–water partition coefficient (Wildman–Crippen LogP) is 3.60. The molecule has 156 valence electrons. The molecule has 0 aliphatic rings. The highest BCUT2D eigenvalue weighted by Crippen LogP contribution is 2.17. The van der Waals surface area contributed by atoms with E-state index in [-0.39, 0.29) is 10.8 Å². The van der Waals surface area contributed by atoms with Crippen LogP contribution in [0.2, 0.25) is 0 Å². The Kier molecular flexibility index (Phi) is 5.81. The second-order valence-corrected chi connectivity index (χ2v) is 8.49. The molecule has 0 aliphatic heterocycles. The van der Waals surface area contributed by atoms with Crippen LogP contribution < -0.4 is 10.0 Å². The topological polar surface area (TPSA) is 93.1 Å². The van der Waals surface area contributed by atoms with E-state index >= 15 is 0 Å². The fourth-order valence-corrected chi connectivity index (χ4v) is 4.07. The number of anilines is 1.